The van der Waals surface area contributed by atoms with Crippen LogP contribution < -0.4 is 5.32 Å². The Kier molecular flexibility index (Phi) is 4.47. The van der Waals surface area contributed by atoms with E-state index in [1.807, 2.05) is 22.4 Å². The number of nitrogens with one attached hydrogen (secondary N) is 1. The standard InChI is InChI=1S/C17H16F3N5S/c18-17(19,20)12-4-1-3-11(9-12)10-22-14-16-24-23-15(13-5-2-8-26-13)25(16)7-6-21-14/h1,3-4,6-7,9,13H,2,5,8,10H2,(H,21,22)/t13-/m0/s1. The molecule has 0 aliphatic carbocycles. The number of fused-ring (bicyclic) bond motifs is 1. The molecule has 0 amide bonds. The minimum Gasteiger partial charge on any atom is -0.363 e. The van der Waals surface area contributed by atoms with E-state index < -0.39 is 11.7 Å². The number of nitrogens with zero attached hydrogens (tertiary/aromatic N) is 4. The third-order valence-corrected chi connectivity index (χ3v) is 5.66. The quantitative estimate of drug-likeness (QED) is 0.732. The fourth-order valence-corrected chi connectivity index (χ4v) is 4.27. The van der Waals surface area contributed by atoms with Crippen molar-refractivity contribution >= 4 is 23.2 Å². The first kappa shape index (κ1) is 17.1. The van der Waals surface area contributed by atoms with Crippen LogP contribution in [0, 0.1) is 0 Å². The highest BCUT2D eigenvalue weighted by Gasteiger charge is 2.30. The lowest BCUT2D eigenvalue weighted by Gasteiger charge is -2.11. The van der Waals surface area contributed by atoms with Crippen LogP contribution in [0.3, 0.4) is 0 Å². The lowest BCUT2D eigenvalue weighted by molar-refractivity contribution is -0.137. The number of halogens is 3. The maximum absolute atomic E-state index is 12.8. The zero-order chi connectivity index (χ0) is 18.1. The second-order valence-corrected chi connectivity index (χ2v) is 7.39. The van der Waals surface area contributed by atoms with Gasteiger partial charge in [0.1, 0.15) is 0 Å². The van der Waals surface area contributed by atoms with Crippen molar-refractivity contribution in [2.24, 2.45) is 0 Å². The predicted octanol–water partition coefficient (Wildman–Crippen LogP) is 4.32. The molecule has 1 aliphatic rings. The molecule has 1 aliphatic heterocycles. The monoisotopic (exact) mass is 379 g/mol. The molecule has 0 saturated carbocycles. The number of anilines is 1. The van der Waals surface area contributed by atoms with E-state index in [2.05, 4.69) is 20.5 Å². The fraction of sp³-hybridized carbons (Fsp3) is 0.353. The highest BCUT2D eigenvalue weighted by Crippen LogP contribution is 2.39. The predicted molar refractivity (Wildman–Crippen MR) is 94.0 cm³/mol. The Labute approximate surface area is 152 Å². The van der Waals surface area contributed by atoms with E-state index in [1.54, 1.807) is 12.3 Å². The Morgan fingerprint density at radius 3 is 2.92 bits per heavy atom. The molecule has 1 saturated heterocycles. The zero-order valence-corrected chi connectivity index (χ0v) is 14.5. The van der Waals surface area contributed by atoms with Crippen LogP contribution in [0.1, 0.15) is 35.0 Å². The number of alkyl halides is 3. The second kappa shape index (κ2) is 6.79. The first-order valence-corrected chi connectivity index (χ1v) is 9.28. The fourth-order valence-electron chi connectivity index (χ4n) is 3.01. The van der Waals surface area contributed by atoms with Gasteiger partial charge >= 0.3 is 6.18 Å². The average Bonchev–Trinajstić information content (AvgIpc) is 3.28. The Hall–Kier alpha value is -2.29. The van der Waals surface area contributed by atoms with Gasteiger partial charge in [0.2, 0.25) is 5.65 Å². The van der Waals surface area contributed by atoms with Crippen LogP contribution in [-0.4, -0.2) is 25.3 Å². The van der Waals surface area contributed by atoms with Gasteiger partial charge in [-0.1, -0.05) is 12.1 Å². The van der Waals surface area contributed by atoms with E-state index in [-0.39, 0.29) is 6.54 Å². The van der Waals surface area contributed by atoms with Gasteiger partial charge in [-0.3, -0.25) is 4.40 Å². The number of hydrogen-bond donors (Lipinski definition) is 1. The smallest absolute Gasteiger partial charge is 0.363 e. The maximum atomic E-state index is 12.8. The van der Waals surface area contributed by atoms with Gasteiger partial charge in [0, 0.05) is 18.9 Å². The minimum absolute atomic E-state index is 0.219. The molecule has 9 heteroatoms. The summed E-state index contributed by atoms with van der Waals surface area (Å²) in [6, 6.07) is 5.25. The van der Waals surface area contributed by atoms with E-state index >= 15 is 0 Å². The molecule has 26 heavy (non-hydrogen) atoms. The van der Waals surface area contributed by atoms with Gasteiger partial charge in [0.15, 0.2) is 11.6 Å². The van der Waals surface area contributed by atoms with Crippen molar-refractivity contribution in [2.75, 3.05) is 11.1 Å². The number of rotatable bonds is 4. The van der Waals surface area contributed by atoms with E-state index in [0.29, 0.717) is 22.3 Å². The Morgan fingerprint density at radius 1 is 1.27 bits per heavy atom. The second-order valence-electron chi connectivity index (χ2n) is 6.08. The topological polar surface area (TPSA) is 55.1 Å². The number of aromatic nitrogens is 4. The molecule has 1 N–H and O–H groups in total. The van der Waals surface area contributed by atoms with Crippen molar-refractivity contribution < 1.29 is 13.2 Å². The average molecular weight is 379 g/mol. The molecule has 2 aromatic heterocycles. The van der Waals surface area contributed by atoms with Crippen LogP contribution in [0.2, 0.25) is 0 Å². The van der Waals surface area contributed by atoms with Gasteiger partial charge in [-0.15, -0.1) is 10.2 Å². The molecular weight excluding hydrogens is 363 g/mol. The first-order chi connectivity index (χ1) is 12.5. The molecule has 4 rings (SSSR count). The van der Waals surface area contributed by atoms with Crippen LogP contribution in [0.25, 0.3) is 5.65 Å². The molecule has 3 aromatic rings. The molecule has 0 spiro atoms. The van der Waals surface area contributed by atoms with E-state index in [9.17, 15) is 13.2 Å². The minimum atomic E-state index is -4.35. The SMILES string of the molecule is FC(F)(F)c1cccc(CNc2nccn3c([C@@H]4CCCS4)nnc23)c1. The van der Waals surface area contributed by atoms with E-state index in [0.717, 1.165) is 36.6 Å². The highest BCUT2D eigenvalue weighted by atomic mass is 32.2. The summed E-state index contributed by atoms with van der Waals surface area (Å²) in [4.78, 5) is 4.27. The summed E-state index contributed by atoms with van der Waals surface area (Å²) in [5, 5.41) is 11.9. The molecule has 0 radical (unpaired) electrons. The molecule has 1 aromatic carbocycles. The highest BCUT2D eigenvalue weighted by molar-refractivity contribution is 7.99. The van der Waals surface area contributed by atoms with Gasteiger partial charge in [-0.25, -0.2) is 4.98 Å². The molecule has 136 valence electrons. The van der Waals surface area contributed by atoms with Crippen LogP contribution in [0.4, 0.5) is 19.0 Å². The van der Waals surface area contributed by atoms with Gasteiger partial charge in [0.05, 0.1) is 10.8 Å². The number of hydrogen-bond acceptors (Lipinski definition) is 5. The van der Waals surface area contributed by atoms with Crippen LogP contribution in [0.5, 0.6) is 0 Å². The van der Waals surface area contributed by atoms with Gasteiger partial charge < -0.3 is 5.32 Å². The summed E-state index contributed by atoms with van der Waals surface area (Å²) in [6.07, 6.45) is 1.35. The zero-order valence-electron chi connectivity index (χ0n) is 13.7. The van der Waals surface area contributed by atoms with Gasteiger partial charge in [-0.05, 0) is 36.3 Å². The summed E-state index contributed by atoms with van der Waals surface area (Å²) in [7, 11) is 0. The number of benzene rings is 1. The van der Waals surface area contributed by atoms with Crippen molar-refractivity contribution in [2.45, 2.75) is 30.8 Å². The summed E-state index contributed by atoms with van der Waals surface area (Å²) in [6.45, 7) is 0.219. The van der Waals surface area contributed by atoms with E-state index in [4.69, 9.17) is 0 Å². The number of thioether (sulfide) groups is 1. The Balaban J connectivity index is 1.56. The normalized spacial score (nSPS) is 17.7. The Bertz CT molecular complexity index is 918. The third-order valence-electron chi connectivity index (χ3n) is 4.29. The molecule has 1 atom stereocenters. The van der Waals surface area contributed by atoms with Crippen molar-refractivity contribution in [1.82, 2.24) is 19.6 Å². The molecular formula is C17H16F3N5S. The summed E-state index contributed by atoms with van der Waals surface area (Å²) >= 11 is 1.86. The van der Waals surface area contributed by atoms with Crippen LogP contribution >= 0.6 is 11.8 Å². The van der Waals surface area contributed by atoms with E-state index in [1.165, 1.54) is 6.07 Å². The molecule has 5 nitrogen and oxygen atoms in total. The van der Waals surface area contributed by atoms with Crippen molar-refractivity contribution in [3.05, 3.63) is 53.6 Å². The third kappa shape index (κ3) is 3.35. The van der Waals surface area contributed by atoms with Crippen molar-refractivity contribution in [3.8, 4) is 0 Å². The lowest BCUT2D eigenvalue weighted by Crippen LogP contribution is -2.08. The molecule has 0 unspecified atom stereocenters. The Morgan fingerprint density at radius 2 is 2.15 bits per heavy atom. The maximum Gasteiger partial charge on any atom is 0.416 e. The molecule has 0 bridgehead atoms. The molecule has 3 heterocycles. The summed E-state index contributed by atoms with van der Waals surface area (Å²) < 4.78 is 40.4. The van der Waals surface area contributed by atoms with Gasteiger partial charge in [-0.2, -0.15) is 24.9 Å². The largest absolute Gasteiger partial charge is 0.416 e. The summed E-state index contributed by atoms with van der Waals surface area (Å²) in [5.41, 5.74) is 0.447. The van der Waals surface area contributed by atoms with Crippen LogP contribution in [-0.2, 0) is 12.7 Å². The molecule has 1 fully saturated rings. The first-order valence-electron chi connectivity index (χ1n) is 8.23. The van der Waals surface area contributed by atoms with Crippen molar-refractivity contribution in [3.63, 3.8) is 0 Å². The summed E-state index contributed by atoms with van der Waals surface area (Å²) in [5.74, 6) is 2.52. The van der Waals surface area contributed by atoms with Gasteiger partial charge in [0.25, 0.3) is 0 Å². The lowest BCUT2D eigenvalue weighted by atomic mass is 10.1. The van der Waals surface area contributed by atoms with Crippen LogP contribution in [0.15, 0.2) is 36.7 Å². The van der Waals surface area contributed by atoms with Crippen molar-refractivity contribution in [1.29, 1.82) is 0 Å².